The summed E-state index contributed by atoms with van der Waals surface area (Å²) in [6, 6.07) is 4.68. The molecule has 0 heterocycles. The van der Waals surface area contributed by atoms with Crippen molar-refractivity contribution in [1.29, 1.82) is 0 Å². The topological polar surface area (TPSA) is 171 Å². The van der Waals surface area contributed by atoms with Crippen LogP contribution in [0.4, 0.5) is 0 Å². The van der Waals surface area contributed by atoms with Crippen molar-refractivity contribution in [3.8, 4) is 0 Å². The van der Waals surface area contributed by atoms with Crippen LogP contribution in [0.3, 0.4) is 0 Å². The van der Waals surface area contributed by atoms with Crippen molar-refractivity contribution in [3.63, 3.8) is 0 Å². The molecule has 1 aromatic carbocycles. The van der Waals surface area contributed by atoms with Gasteiger partial charge in [-0.15, -0.1) is 0 Å². The molecule has 1 aromatic rings. The van der Waals surface area contributed by atoms with E-state index in [1.165, 1.54) is 6.92 Å². The fraction of sp³-hybridized carbons (Fsp3) is 0.600. The Kier molecular flexibility index (Phi) is 12.4. The lowest BCUT2D eigenvalue weighted by atomic mass is 9.96. The van der Waals surface area contributed by atoms with E-state index in [-0.39, 0.29) is 18.3 Å². The van der Waals surface area contributed by atoms with Crippen LogP contribution in [0, 0.1) is 11.8 Å². The molecule has 196 valence electrons. The van der Waals surface area contributed by atoms with Gasteiger partial charge >= 0.3 is 5.97 Å². The van der Waals surface area contributed by atoms with Gasteiger partial charge in [0.1, 0.15) is 12.1 Å². The molecule has 0 aromatic heterocycles. The lowest BCUT2D eigenvalue weighted by molar-refractivity contribution is -0.145. The zero-order chi connectivity index (χ0) is 26.7. The quantitative estimate of drug-likeness (QED) is 0.220. The third kappa shape index (κ3) is 9.29. The number of carbonyl (C=O) groups excluding carboxylic acids is 3. The molecule has 1 rings (SSSR count). The molecule has 0 bridgehead atoms. The van der Waals surface area contributed by atoms with E-state index in [2.05, 4.69) is 16.0 Å². The summed E-state index contributed by atoms with van der Waals surface area (Å²) >= 11 is 0. The zero-order valence-electron chi connectivity index (χ0n) is 21.2. The Balaban J connectivity index is 3.15. The highest BCUT2D eigenvalue weighted by Gasteiger charge is 2.34. The van der Waals surface area contributed by atoms with Crippen LogP contribution in [-0.4, -0.2) is 64.2 Å². The van der Waals surface area contributed by atoms with Crippen LogP contribution < -0.4 is 21.7 Å². The van der Waals surface area contributed by atoms with Crippen LogP contribution in [0.25, 0.3) is 0 Å². The van der Waals surface area contributed by atoms with Crippen molar-refractivity contribution in [3.05, 3.63) is 35.9 Å². The average molecular weight is 493 g/mol. The summed E-state index contributed by atoms with van der Waals surface area (Å²) in [5.74, 6) is -3.64. The molecule has 0 radical (unpaired) electrons. The van der Waals surface area contributed by atoms with E-state index in [1.807, 2.05) is 51.1 Å². The van der Waals surface area contributed by atoms with Crippen molar-refractivity contribution >= 4 is 23.7 Å². The van der Waals surface area contributed by atoms with E-state index in [4.69, 9.17) is 5.73 Å². The Labute approximate surface area is 207 Å². The number of aliphatic hydroxyl groups excluding tert-OH is 1. The molecule has 0 aliphatic carbocycles. The summed E-state index contributed by atoms with van der Waals surface area (Å²) in [5.41, 5.74) is 6.86. The number of carbonyl (C=O) groups is 4. The number of amides is 3. The first-order valence-corrected chi connectivity index (χ1v) is 12.0. The number of nitrogens with two attached hydrogens (primary N) is 1. The van der Waals surface area contributed by atoms with Gasteiger partial charge in [-0.1, -0.05) is 70.9 Å². The molecule has 0 aliphatic rings. The maximum Gasteiger partial charge on any atom is 0.328 e. The Morgan fingerprint density at radius 1 is 0.829 bits per heavy atom. The van der Waals surface area contributed by atoms with Gasteiger partial charge in [0.2, 0.25) is 17.7 Å². The number of hydrogen-bond donors (Lipinski definition) is 6. The molecule has 0 saturated carbocycles. The van der Waals surface area contributed by atoms with Gasteiger partial charge in [0, 0.05) is 6.42 Å². The molecule has 0 aliphatic heterocycles. The first-order chi connectivity index (χ1) is 16.4. The highest BCUT2D eigenvalue weighted by Crippen LogP contribution is 2.12. The molecule has 0 saturated heterocycles. The van der Waals surface area contributed by atoms with Crippen LogP contribution in [-0.2, 0) is 25.6 Å². The fourth-order valence-corrected chi connectivity index (χ4v) is 3.43. The van der Waals surface area contributed by atoms with E-state index in [9.17, 15) is 29.4 Å². The lowest BCUT2D eigenvalue weighted by Crippen LogP contribution is -2.60. The summed E-state index contributed by atoms with van der Waals surface area (Å²) in [6.07, 6.45) is 0.0385. The van der Waals surface area contributed by atoms with Gasteiger partial charge in [-0.2, -0.15) is 0 Å². The van der Waals surface area contributed by atoms with Crippen molar-refractivity contribution in [1.82, 2.24) is 16.0 Å². The SMILES string of the molecule is CCC(C)C(N)C(=O)NC(Cc1ccccc1)C(=O)NC(C(=O)NC(C(=O)O)C(C)O)C(C)CC. The maximum atomic E-state index is 13.3. The Bertz CT molecular complexity index is 848. The number of benzene rings is 1. The van der Waals surface area contributed by atoms with Crippen LogP contribution in [0.5, 0.6) is 0 Å². The second kappa shape index (κ2) is 14.4. The van der Waals surface area contributed by atoms with E-state index in [0.717, 1.165) is 5.56 Å². The summed E-state index contributed by atoms with van der Waals surface area (Å²) in [5, 5.41) is 26.7. The van der Waals surface area contributed by atoms with E-state index in [0.29, 0.717) is 12.8 Å². The van der Waals surface area contributed by atoms with Crippen LogP contribution >= 0.6 is 0 Å². The van der Waals surface area contributed by atoms with Crippen molar-refractivity contribution in [2.24, 2.45) is 17.6 Å². The molecule has 10 heteroatoms. The fourth-order valence-electron chi connectivity index (χ4n) is 3.43. The summed E-state index contributed by atoms with van der Waals surface area (Å²) in [7, 11) is 0. The smallest absolute Gasteiger partial charge is 0.328 e. The molecule has 35 heavy (non-hydrogen) atoms. The standard InChI is InChI=1S/C25H40N4O6/c1-6-14(3)19(26)23(32)27-18(13-17-11-9-8-10-12-17)22(31)28-20(15(4)7-2)24(33)29-21(16(5)30)25(34)35/h8-12,14-16,18-21,30H,6-7,13,26H2,1-5H3,(H,27,32)(H,28,31)(H,29,33)(H,34,35). The Hall–Kier alpha value is -2.98. The molecular weight excluding hydrogens is 452 g/mol. The Morgan fingerprint density at radius 3 is 1.86 bits per heavy atom. The van der Waals surface area contributed by atoms with Gasteiger partial charge in [-0.25, -0.2) is 4.79 Å². The minimum absolute atomic E-state index is 0.0949. The summed E-state index contributed by atoms with van der Waals surface area (Å²) in [4.78, 5) is 50.4. The second-order valence-corrected chi connectivity index (χ2v) is 9.10. The minimum Gasteiger partial charge on any atom is -0.480 e. The molecule has 7 N–H and O–H groups in total. The average Bonchev–Trinajstić information content (AvgIpc) is 2.83. The van der Waals surface area contributed by atoms with Crippen molar-refractivity contribution in [2.45, 2.75) is 84.2 Å². The maximum absolute atomic E-state index is 13.3. The van der Waals surface area contributed by atoms with Gasteiger partial charge in [-0.3, -0.25) is 14.4 Å². The van der Waals surface area contributed by atoms with Crippen LogP contribution in [0.15, 0.2) is 30.3 Å². The molecule has 0 spiro atoms. The van der Waals surface area contributed by atoms with Gasteiger partial charge in [-0.05, 0) is 24.3 Å². The highest BCUT2D eigenvalue weighted by atomic mass is 16.4. The summed E-state index contributed by atoms with van der Waals surface area (Å²) < 4.78 is 0. The van der Waals surface area contributed by atoms with Crippen molar-refractivity contribution in [2.75, 3.05) is 0 Å². The van der Waals surface area contributed by atoms with E-state index in [1.54, 1.807) is 6.92 Å². The largest absolute Gasteiger partial charge is 0.480 e. The molecule has 7 unspecified atom stereocenters. The molecule has 3 amide bonds. The van der Waals surface area contributed by atoms with Gasteiger partial charge in [0.05, 0.1) is 12.1 Å². The van der Waals surface area contributed by atoms with Gasteiger partial charge < -0.3 is 31.9 Å². The van der Waals surface area contributed by atoms with E-state index < -0.39 is 54.0 Å². The minimum atomic E-state index is -1.53. The predicted octanol–water partition coefficient (Wildman–Crippen LogP) is 0.568. The van der Waals surface area contributed by atoms with Crippen LogP contribution in [0.2, 0.25) is 0 Å². The number of hydrogen-bond acceptors (Lipinski definition) is 6. The first-order valence-electron chi connectivity index (χ1n) is 12.0. The number of rotatable bonds is 14. The molecule has 7 atom stereocenters. The number of carboxylic acids is 1. The monoisotopic (exact) mass is 492 g/mol. The normalized spacial score (nSPS) is 17.1. The number of aliphatic hydroxyl groups is 1. The lowest BCUT2D eigenvalue weighted by Gasteiger charge is -2.29. The summed E-state index contributed by atoms with van der Waals surface area (Å²) in [6.45, 7) is 8.59. The van der Waals surface area contributed by atoms with Crippen LogP contribution in [0.1, 0.15) is 53.0 Å². The third-order valence-electron chi connectivity index (χ3n) is 6.31. The first kappa shape index (κ1) is 30.1. The zero-order valence-corrected chi connectivity index (χ0v) is 21.2. The molecule has 0 fully saturated rings. The molecule has 10 nitrogen and oxygen atoms in total. The second-order valence-electron chi connectivity index (χ2n) is 9.10. The van der Waals surface area contributed by atoms with Gasteiger partial charge in [0.15, 0.2) is 6.04 Å². The number of carboxylic acid groups (broad SMARTS) is 1. The van der Waals surface area contributed by atoms with Crippen molar-refractivity contribution < 1.29 is 29.4 Å². The molecular formula is C25H40N4O6. The van der Waals surface area contributed by atoms with Gasteiger partial charge in [0.25, 0.3) is 0 Å². The predicted molar refractivity (Wildman–Crippen MR) is 132 cm³/mol. The number of nitrogens with one attached hydrogen (secondary N) is 3. The highest BCUT2D eigenvalue weighted by molar-refractivity contribution is 5.94. The van der Waals surface area contributed by atoms with E-state index >= 15 is 0 Å². The Morgan fingerprint density at radius 2 is 1.37 bits per heavy atom. The number of aliphatic carboxylic acids is 1. The third-order valence-corrected chi connectivity index (χ3v) is 6.31.